The number of ether oxygens (including phenoxy) is 1. The minimum Gasteiger partial charge on any atom is -0.508 e. The molecule has 1 aromatic heterocycles. The number of thioether (sulfide) groups is 1. The zero-order chi connectivity index (χ0) is 23.7. The Kier molecular flexibility index (Phi) is 7.04. The van der Waals surface area contributed by atoms with Crippen molar-refractivity contribution < 1.29 is 14.6 Å². The highest BCUT2D eigenvalue weighted by Crippen LogP contribution is 2.44. The van der Waals surface area contributed by atoms with Gasteiger partial charge in [0, 0.05) is 39.2 Å². The summed E-state index contributed by atoms with van der Waals surface area (Å²) in [6.07, 6.45) is 0.522. The number of fused-ring (bicyclic) bond motifs is 1. The van der Waals surface area contributed by atoms with E-state index >= 15 is 0 Å². The summed E-state index contributed by atoms with van der Waals surface area (Å²) >= 11 is 1.76. The Morgan fingerprint density at radius 1 is 1.09 bits per heavy atom. The van der Waals surface area contributed by atoms with Gasteiger partial charge in [0.05, 0.1) is 12.0 Å². The summed E-state index contributed by atoms with van der Waals surface area (Å²) in [5, 5.41) is 11.3. The van der Waals surface area contributed by atoms with E-state index in [1.165, 1.54) is 0 Å². The van der Waals surface area contributed by atoms with Crippen LogP contribution in [0.5, 0.6) is 5.75 Å². The van der Waals surface area contributed by atoms with E-state index in [-0.39, 0.29) is 16.5 Å². The molecule has 3 rings (SSSR count). The van der Waals surface area contributed by atoms with Crippen LogP contribution in [0.25, 0.3) is 10.9 Å². The van der Waals surface area contributed by atoms with Crippen LogP contribution in [0.1, 0.15) is 52.8 Å². The first kappa shape index (κ1) is 24.3. The number of rotatable bonds is 7. The topological polar surface area (TPSA) is 51.5 Å². The molecule has 0 aliphatic rings. The Balaban J connectivity index is 2.22. The number of phenolic OH excluding ortho intramolecular Hbond substituents is 1. The maximum atomic E-state index is 12.7. The van der Waals surface area contributed by atoms with Crippen molar-refractivity contribution in [2.24, 2.45) is 5.41 Å². The number of hydrogen-bond acceptors (Lipinski definition) is 4. The first-order valence-electron chi connectivity index (χ1n) is 11.0. The van der Waals surface area contributed by atoms with Gasteiger partial charge in [-0.3, -0.25) is 4.79 Å². The van der Waals surface area contributed by atoms with E-state index in [4.69, 9.17) is 12.6 Å². The van der Waals surface area contributed by atoms with Gasteiger partial charge in [-0.05, 0) is 44.5 Å². The van der Waals surface area contributed by atoms with E-state index in [1.807, 2.05) is 57.2 Å². The smallest absolute Gasteiger partial charge is 0.311 e. The van der Waals surface area contributed by atoms with Crippen LogP contribution in [0, 0.1) is 5.41 Å². The monoisotopic (exact) mass is 449 g/mol. The minimum atomic E-state index is -0.696. The molecule has 0 bridgehead atoms. The van der Waals surface area contributed by atoms with E-state index in [2.05, 4.69) is 25.3 Å². The van der Waals surface area contributed by atoms with E-state index in [0.717, 1.165) is 32.5 Å². The van der Waals surface area contributed by atoms with Crippen LogP contribution in [0.4, 0.5) is 0 Å². The van der Waals surface area contributed by atoms with Crippen molar-refractivity contribution in [3.05, 3.63) is 53.7 Å². The van der Waals surface area contributed by atoms with Gasteiger partial charge in [0.25, 0.3) is 0 Å². The number of carbonyl (C=O) groups excluding carboxylic acids is 1. The molecule has 0 unspecified atom stereocenters. The Morgan fingerprint density at radius 3 is 2.34 bits per heavy atom. The number of esters is 1. The van der Waals surface area contributed by atoms with Crippen LogP contribution >= 0.6 is 11.8 Å². The Hall–Kier alpha value is -2.34. The summed E-state index contributed by atoms with van der Waals surface area (Å²) in [5.41, 5.74) is 3.25. The number of nitrogens with zero attached hydrogens (tertiary/aromatic N) is 1. The predicted octanol–water partition coefficient (Wildman–Crippen LogP) is 5.21. The lowest BCUT2D eigenvalue weighted by molar-refractivity contribution is -0.153. The number of benzene rings is 2. The fourth-order valence-corrected chi connectivity index (χ4v) is 4.95. The summed E-state index contributed by atoms with van der Waals surface area (Å²) in [5.74, 6) is 0.0212. The second kappa shape index (κ2) is 9.26. The third-order valence-electron chi connectivity index (χ3n) is 5.27. The molecule has 1 heterocycles. The second-order valence-corrected chi connectivity index (χ2v) is 11.6. The average molecular weight is 449 g/mol. The number of aromatic hydroxyl groups is 1. The maximum Gasteiger partial charge on any atom is 0.311 e. The molecule has 1 N–H and O–H groups in total. The van der Waals surface area contributed by atoms with Crippen molar-refractivity contribution in [3.63, 3.8) is 0 Å². The Morgan fingerprint density at radius 2 is 1.75 bits per heavy atom. The molecule has 3 aromatic rings. The van der Waals surface area contributed by atoms with Crippen LogP contribution in [0.3, 0.4) is 0 Å². The quantitative estimate of drug-likeness (QED) is 0.306. The third kappa shape index (κ3) is 5.53. The highest BCUT2D eigenvalue weighted by Gasteiger charge is 2.34. The van der Waals surface area contributed by atoms with Gasteiger partial charge < -0.3 is 14.4 Å². The molecule has 0 spiro atoms. The molecule has 0 fully saturated rings. The minimum absolute atomic E-state index is 0.0470. The van der Waals surface area contributed by atoms with Crippen molar-refractivity contribution >= 4 is 41.9 Å². The lowest BCUT2D eigenvalue weighted by atomic mass is 9.87. The van der Waals surface area contributed by atoms with Gasteiger partial charge in [0.2, 0.25) is 0 Å². The van der Waals surface area contributed by atoms with Gasteiger partial charge in [-0.25, -0.2) is 0 Å². The molecule has 0 aliphatic carbocycles. The zero-order valence-corrected chi connectivity index (χ0v) is 20.7. The molecule has 0 saturated carbocycles. The Bertz CT molecular complexity index is 1110. The van der Waals surface area contributed by atoms with Gasteiger partial charge >= 0.3 is 5.97 Å². The number of carbonyl (C=O) groups is 1. The van der Waals surface area contributed by atoms with Crippen molar-refractivity contribution in [1.29, 1.82) is 0 Å². The van der Waals surface area contributed by atoms with Crippen molar-refractivity contribution in [3.8, 4) is 5.75 Å². The summed E-state index contributed by atoms with van der Waals surface area (Å²) in [6.45, 7) is 13.2. The SMILES string of the molecule is [B]c1ccc(Cn2c(CC(C)(C)C(=O)OCC)c(SC(C)(C)C)c3cc(O)ccc32)cc1. The van der Waals surface area contributed by atoms with Crippen LogP contribution < -0.4 is 5.46 Å². The first-order valence-corrected chi connectivity index (χ1v) is 11.8. The van der Waals surface area contributed by atoms with Crippen molar-refractivity contribution in [1.82, 2.24) is 4.57 Å². The molecular formula is C26H32BNO3S. The summed E-state index contributed by atoms with van der Waals surface area (Å²) in [7, 11) is 5.89. The number of aromatic nitrogens is 1. The van der Waals surface area contributed by atoms with Crippen LogP contribution in [0.2, 0.25) is 0 Å². The van der Waals surface area contributed by atoms with Crippen LogP contribution in [-0.2, 0) is 22.5 Å². The Labute approximate surface area is 196 Å². The van der Waals surface area contributed by atoms with Crippen molar-refractivity contribution in [2.45, 2.75) is 64.2 Å². The molecule has 0 amide bonds. The molecule has 0 saturated heterocycles. The standard InChI is InChI=1S/C26H32BNO3S/c1-7-31-24(30)26(5,6)15-22-23(32-25(2,3)4)20-14-19(29)12-13-21(20)28(22)16-17-8-10-18(27)11-9-17/h8-14,29H,7,15-16H2,1-6H3. The predicted molar refractivity (Wildman–Crippen MR) is 134 cm³/mol. The van der Waals surface area contributed by atoms with Gasteiger partial charge in [-0.15, -0.1) is 11.8 Å². The van der Waals surface area contributed by atoms with E-state index in [0.29, 0.717) is 19.6 Å². The van der Waals surface area contributed by atoms with Crippen molar-refractivity contribution in [2.75, 3.05) is 6.61 Å². The van der Waals surface area contributed by atoms with Gasteiger partial charge in [0.15, 0.2) is 0 Å². The fourth-order valence-electron chi connectivity index (χ4n) is 3.76. The molecule has 0 aliphatic heterocycles. The van der Waals surface area contributed by atoms with E-state index < -0.39 is 5.41 Å². The molecule has 6 heteroatoms. The van der Waals surface area contributed by atoms with Crippen LogP contribution in [0.15, 0.2) is 47.4 Å². The summed E-state index contributed by atoms with van der Waals surface area (Å²) in [6, 6.07) is 13.4. The third-order valence-corrected chi connectivity index (χ3v) is 6.54. The summed E-state index contributed by atoms with van der Waals surface area (Å²) < 4.78 is 7.59. The van der Waals surface area contributed by atoms with Gasteiger partial charge in [-0.1, -0.05) is 50.5 Å². The lowest BCUT2D eigenvalue weighted by Crippen LogP contribution is -2.30. The molecular weight excluding hydrogens is 417 g/mol. The summed E-state index contributed by atoms with van der Waals surface area (Å²) in [4.78, 5) is 13.8. The molecule has 0 atom stereocenters. The number of hydrogen-bond donors (Lipinski definition) is 1. The highest BCUT2D eigenvalue weighted by molar-refractivity contribution is 8.00. The fraction of sp³-hybridized carbons (Fsp3) is 0.423. The largest absolute Gasteiger partial charge is 0.508 e. The van der Waals surface area contributed by atoms with Crippen LogP contribution in [-0.4, -0.2) is 34.8 Å². The molecule has 32 heavy (non-hydrogen) atoms. The van der Waals surface area contributed by atoms with E-state index in [9.17, 15) is 9.90 Å². The van der Waals surface area contributed by atoms with Gasteiger partial charge in [-0.2, -0.15) is 0 Å². The lowest BCUT2D eigenvalue weighted by Gasteiger charge is -2.26. The second-order valence-electron chi connectivity index (χ2n) is 9.80. The molecule has 2 aromatic carbocycles. The molecule has 2 radical (unpaired) electrons. The highest BCUT2D eigenvalue weighted by atomic mass is 32.2. The maximum absolute atomic E-state index is 12.7. The normalized spacial score (nSPS) is 12.3. The van der Waals surface area contributed by atoms with Gasteiger partial charge in [0.1, 0.15) is 13.6 Å². The molecule has 168 valence electrons. The number of phenols is 1. The van der Waals surface area contributed by atoms with E-state index in [1.54, 1.807) is 17.8 Å². The molecule has 4 nitrogen and oxygen atoms in total. The zero-order valence-electron chi connectivity index (χ0n) is 19.9. The average Bonchev–Trinajstić information content (AvgIpc) is 2.94. The first-order chi connectivity index (χ1) is 14.9.